The minimum atomic E-state index is -0.447. The van der Waals surface area contributed by atoms with Crippen molar-refractivity contribution in [2.45, 2.75) is 57.4 Å². The number of amides is 1. The molecule has 1 amide bonds. The summed E-state index contributed by atoms with van der Waals surface area (Å²) in [7, 11) is 0. The van der Waals surface area contributed by atoms with Gasteiger partial charge in [-0.25, -0.2) is 0 Å². The molecule has 1 aromatic carbocycles. The zero-order valence-electron chi connectivity index (χ0n) is 12.4. The van der Waals surface area contributed by atoms with E-state index in [0.717, 1.165) is 11.3 Å². The summed E-state index contributed by atoms with van der Waals surface area (Å²) in [6.07, 6.45) is 6.42. The molecule has 0 saturated heterocycles. The van der Waals surface area contributed by atoms with Gasteiger partial charge in [0.1, 0.15) is 0 Å². The zero-order chi connectivity index (χ0) is 14.3. The van der Waals surface area contributed by atoms with Gasteiger partial charge in [-0.2, -0.15) is 0 Å². The summed E-state index contributed by atoms with van der Waals surface area (Å²) < 4.78 is 0. The van der Waals surface area contributed by atoms with Crippen molar-refractivity contribution in [3.63, 3.8) is 0 Å². The zero-order valence-corrected chi connectivity index (χ0v) is 12.4. The van der Waals surface area contributed by atoms with Crippen LogP contribution < -0.4 is 11.1 Å². The second-order valence-corrected chi connectivity index (χ2v) is 6.81. The van der Waals surface area contributed by atoms with Crippen LogP contribution in [0.25, 0.3) is 0 Å². The molecule has 1 heterocycles. The minimum absolute atomic E-state index is 0.0795. The number of carbonyl (C=O) groups is 1. The maximum absolute atomic E-state index is 12.0. The van der Waals surface area contributed by atoms with Crippen LogP contribution in [-0.4, -0.2) is 5.91 Å². The van der Waals surface area contributed by atoms with Gasteiger partial charge in [-0.1, -0.05) is 31.4 Å². The summed E-state index contributed by atoms with van der Waals surface area (Å²) >= 11 is 0. The molecule has 1 saturated carbocycles. The molecule has 0 bridgehead atoms. The number of benzene rings is 1. The van der Waals surface area contributed by atoms with E-state index in [1.807, 2.05) is 19.9 Å². The third kappa shape index (κ3) is 2.14. The fraction of sp³-hybridized carbons (Fsp3) is 0.588. The van der Waals surface area contributed by atoms with E-state index in [2.05, 4.69) is 17.4 Å². The van der Waals surface area contributed by atoms with Gasteiger partial charge in [-0.05, 0) is 49.8 Å². The maximum atomic E-state index is 12.0. The molecule has 1 aliphatic carbocycles. The first kappa shape index (κ1) is 13.6. The van der Waals surface area contributed by atoms with Gasteiger partial charge in [-0.3, -0.25) is 4.79 Å². The van der Waals surface area contributed by atoms with Crippen molar-refractivity contribution in [3.8, 4) is 0 Å². The van der Waals surface area contributed by atoms with Crippen molar-refractivity contribution >= 4 is 11.6 Å². The number of carbonyl (C=O) groups excluding carboxylic acids is 1. The Kier molecular flexibility index (Phi) is 3.33. The first-order valence-corrected chi connectivity index (χ1v) is 7.71. The van der Waals surface area contributed by atoms with Crippen molar-refractivity contribution < 1.29 is 4.79 Å². The first-order chi connectivity index (χ1) is 9.50. The first-order valence-electron chi connectivity index (χ1n) is 7.71. The number of hydrogen-bond acceptors (Lipinski definition) is 2. The van der Waals surface area contributed by atoms with E-state index < -0.39 is 5.41 Å². The van der Waals surface area contributed by atoms with Gasteiger partial charge in [-0.15, -0.1) is 0 Å². The third-order valence-corrected chi connectivity index (χ3v) is 5.08. The molecule has 1 aliphatic heterocycles. The molecule has 2 aliphatic rings. The molecule has 0 radical (unpaired) electrons. The van der Waals surface area contributed by atoms with E-state index in [9.17, 15) is 4.79 Å². The van der Waals surface area contributed by atoms with Crippen molar-refractivity contribution in [1.82, 2.24) is 0 Å². The van der Waals surface area contributed by atoms with Gasteiger partial charge in [0.2, 0.25) is 5.91 Å². The largest absolute Gasteiger partial charge is 0.325 e. The van der Waals surface area contributed by atoms with Crippen molar-refractivity contribution in [3.05, 3.63) is 29.3 Å². The molecule has 0 aromatic heterocycles. The predicted molar refractivity (Wildman–Crippen MR) is 81.6 cm³/mol. The van der Waals surface area contributed by atoms with Gasteiger partial charge < -0.3 is 11.1 Å². The molecule has 1 aromatic rings. The Balaban J connectivity index is 1.89. The summed E-state index contributed by atoms with van der Waals surface area (Å²) in [5.41, 5.74) is 9.25. The van der Waals surface area contributed by atoms with E-state index in [0.29, 0.717) is 5.92 Å². The molecule has 1 atom stereocenters. The van der Waals surface area contributed by atoms with Gasteiger partial charge in [0.15, 0.2) is 0 Å². The summed E-state index contributed by atoms with van der Waals surface area (Å²) in [5, 5.41) is 2.95. The fourth-order valence-electron chi connectivity index (χ4n) is 3.56. The van der Waals surface area contributed by atoms with Crippen LogP contribution >= 0.6 is 0 Å². The van der Waals surface area contributed by atoms with Crippen molar-refractivity contribution in [1.29, 1.82) is 0 Å². The second kappa shape index (κ2) is 4.88. The molecule has 0 spiro atoms. The van der Waals surface area contributed by atoms with Crippen molar-refractivity contribution in [2.75, 3.05) is 5.32 Å². The van der Waals surface area contributed by atoms with Crippen LogP contribution in [-0.2, 0) is 10.2 Å². The molecule has 3 N–H and O–H groups in total. The normalized spacial score (nSPS) is 23.2. The number of hydrogen-bond donors (Lipinski definition) is 2. The average molecular weight is 272 g/mol. The lowest BCUT2D eigenvalue weighted by atomic mass is 9.79. The molecule has 20 heavy (non-hydrogen) atoms. The molecule has 3 heteroatoms. The van der Waals surface area contributed by atoms with Crippen LogP contribution in [0, 0.1) is 5.92 Å². The lowest BCUT2D eigenvalue weighted by Gasteiger charge is -2.28. The lowest BCUT2D eigenvalue weighted by Crippen LogP contribution is -2.27. The average Bonchev–Trinajstić information content (AvgIpc) is 2.69. The van der Waals surface area contributed by atoms with Gasteiger partial charge >= 0.3 is 0 Å². The van der Waals surface area contributed by atoms with Crippen LogP contribution in [0.15, 0.2) is 18.2 Å². The molecule has 3 rings (SSSR count). The number of anilines is 1. The quantitative estimate of drug-likeness (QED) is 0.865. The standard InChI is InChI=1S/C17H24N2O/c1-17(2)13-10-12(8-9-14(13)19-16(17)20)15(18)11-6-4-3-5-7-11/h8-11,15H,3-7,18H2,1-2H3,(H,19,20). The third-order valence-electron chi connectivity index (χ3n) is 5.08. The van der Waals surface area contributed by atoms with Crippen LogP contribution in [0.4, 0.5) is 5.69 Å². The highest BCUT2D eigenvalue weighted by atomic mass is 16.2. The summed E-state index contributed by atoms with van der Waals surface area (Å²) in [4.78, 5) is 12.0. The SMILES string of the molecule is CC1(C)C(=O)Nc2ccc(C(N)C3CCCCC3)cc21. The molecule has 1 unspecified atom stereocenters. The highest BCUT2D eigenvalue weighted by Crippen LogP contribution is 2.40. The summed E-state index contributed by atoms with van der Waals surface area (Å²) in [6.45, 7) is 3.95. The Bertz CT molecular complexity index is 530. The van der Waals surface area contributed by atoms with Crippen LogP contribution in [0.5, 0.6) is 0 Å². The van der Waals surface area contributed by atoms with Crippen LogP contribution in [0.3, 0.4) is 0 Å². The van der Waals surface area contributed by atoms with E-state index in [4.69, 9.17) is 5.73 Å². The van der Waals surface area contributed by atoms with E-state index in [1.54, 1.807) is 0 Å². The Hall–Kier alpha value is -1.35. The smallest absolute Gasteiger partial charge is 0.234 e. The van der Waals surface area contributed by atoms with E-state index in [-0.39, 0.29) is 11.9 Å². The number of rotatable bonds is 2. The topological polar surface area (TPSA) is 55.1 Å². The predicted octanol–water partition coefficient (Wildman–Crippen LogP) is 3.50. The molecular formula is C17H24N2O. The van der Waals surface area contributed by atoms with E-state index in [1.165, 1.54) is 37.7 Å². The van der Waals surface area contributed by atoms with Gasteiger partial charge in [0.05, 0.1) is 5.41 Å². The summed E-state index contributed by atoms with van der Waals surface area (Å²) in [6, 6.07) is 6.35. The van der Waals surface area contributed by atoms with Gasteiger partial charge in [0, 0.05) is 11.7 Å². The van der Waals surface area contributed by atoms with E-state index >= 15 is 0 Å². The molecule has 1 fully saturated rings. The summed E-state index contributed by atoms with van der Waals surface area (Å²) in [5.74, 6) is 0.672. The number of fused-ring (bicyclic) bond motifs is 1. The highest BCUT2D eigenvalue weighted by Gasteiger charge is 2.38. The Morgan fingerprint density at radius 1 is 1.25 bits per heavy atom. The molecular weight excluding hydrogens is 248 g/mol. The molecule has 108 valence electrons. The minimum Gasteiger partial charge on any atom is -0.325 e. The monoisotopic (exact) mass is 272 g/mol. The Labute approximate surface area is 120 Å². The second-order valence-electron chi connectivity index (χ2n) is 6.81. The Morgan fingerprint density at radius 2 is 1.95 bits per heavy atom. The van der Waals surface area contributed by atoms with Crippen molar-refractivity contribution in [2.24, 2.45) is 11.7 Å². The van der Waals surface area contributed by atoms with Crippen LogP contribution in [0.1, 0.15) is 63.1 Å². The molecule has 3 nitrogen and oxygen atoms in total. The van der Waals surface area contributed by atoms with Crippen LogP contribution in [0.2, 0.25) is 0 Å². The fourth-order valence-corrected chi connectivity index (χ4v) is 3.56. The highest BCUT2D eigenvalue weighted by molar-refractivity contribution is 6.05. The Morgan fingerprint density at radius 3 is 2.65 bits per heavy atom. The number of nitrogens with one attached hydrogen (secondary N) is 1. The van der Waals surface area contributed by atoms with Gasteiger partial charge in [0.25, 0.3) is 0 Å². The maximum Gasteiger partial charge on any atom is 0.234 e. The number of nitrogens with two attached hydrogens (primary N) is 1. The lowest BCUT2D eigenvalue weighted by molar-refractivity contribution is -0.119.